The first-order valence-corrected chi connectivity index (χ1v) is 9.07. The number of hydrogen-bond acceptors (Lipinski definition) is 7. The minimum absolute atomic E-state index is 0.138. The third-order valence-corrected chi connectivity index (χ3v) is 5.80. The molecule has 1 saturated carbocycles. The molecule has 9 heteroatoms. The highest BCUT2D eigenvalue weighted by molar-refractivity contribution is 6.06. The van der Waals surface area contributed by atoms with Crippen molar-refractivity contribution >= 4 is 22.9 Å². The van der Waals surface area contributed by atoms with Crippen LogP contribution < -0.4 is 5.32 Å². The van der Waals surface area contributed by atoms with Crippen LogP contribution in [0.4, 0.5) is 5.82 Å². The van der Waals surface area contributed by atoms with Gasteiger partial charge < -0.3 is 24.8 Å². The Balaban J connectivity index is 1.48. The molecule has 3 aromatic rings. The minimum Gasteiger partial charge on any atom is -0.396 e. The fourth-order valence-corrected chi connectivity index (χ4v) is 4.24. The monoisotopic (exact) mass is 381 g/mol. The van der Waals surface area contributed by atoms with Crippen LogP contribution in [0.25, 0.3) is 11.2 Å². The lowest BCUT2D eigenvalue weighted by Gasteiger charge is -2.28. The Morgan fingerprint density at radius 2 is 2.11 bits per heavy atom. The van der Waals surface area contributed by atoms with E-state index in [1.54, 1.807) is 30.6 Å². The smallest absolute Gasteiger partial charge is 0.256 e. The molecule has 9 nitrogen and oxygen atoms in total. The minimum atomic E-state index is -0.737. The van der Waals surface area contributed by atoms with E-state index in [4.69, 9.17) is 4.74 Å². The number of nitrogens with one attached hydrogen (secondary N) is 1. The fourth-order valence-electron chi connectivity index (χ4n) is 4.24. The normalized spacial score (nSPS) is 28.7. The van der Waals surface area contributed by atoms with Crippen LogP contribution in [0.5, 0.6) is 0 Å². The molecule has 1 aliphatic heterocycles. The Morgan fingerprint density at radius 1 is 1.29 bits per heavy atom. The second kappa shape index (κ2) is 6.33. The molecule has 5 rings (SSSR count). The second-order valence-electron chi connectivity index (χ2n) is 7.38. The molecule has 0 spiro atoms. The lowest BCUT2D eigenvalue weighted by molar-refractivity contribution is -0.00163. The number of aliphatic hydroxyl groups is 2. The molecule has 2 aromatic heterocycles. The first-order valence-electron chi connectivity index (χ1n) is 9.07. The highest BCUT2D eigenvalue weighted by atomic mass is 16.5. The Bertz CT molecular complexity index is 1040. The molecule has 2 fully saturated rings. The van der Waals surface area contributed by atoms with Gasteiger partial charge in [-0.05, 0) is 18.6 Å². The van der Waals surface area contributed by atoms with E-state index in [1.165, 1.54) is 6.33 Å². The molecule has 3 N–H and O–H groups in total. The molecular formula is C19H19N5O4. The number of imidazole rings is 1. The van der Waals surface area contributed by atoms with Crippen LogP contribution in [0.3, 0.4) is 0 Å². The van der Waals surface area contributed by atoms with Crippen molar-refractivity contribution in [1.82, 2.24) is 19.5 Å². The van der Waals surface area contributed by atoms with Crippen LogP contribution in [0.1, 0.15) is 22.8 Å². The summed E-state index contributed by atoms with van der Waals surface area (Å²) >= 11 is 0. The average Bonchev–Trinajstić information content (AvgIpc) is 3.39. The van der Waals surface area contributed by atoms with Crippen molar-refractivity contribution in [2.75, 3.05) is 18.5 Å². The van der Waals surface area contributed by atoms with Gasteiger partial charge in [0.05, 0.1) is 31.7 Å². The van der Waals surface area contributed by atoms with Crippen LogP contribution in [0.2, 0.25) is 0 Å². The standard InChI is InChI=1S/C19H19N5O4/c25-7-19-6-12(14(15(19)26)28-8-19)24-10-22-13-16(20-9-21-17(13)24)23-18(27)11-4-2-1-3-5-11/h1-5,9-10,12,14-15,25-26H,6-8H2,(H,20,21,23,27)/t12-,14?,15-,19-/m1/s1. The number of carbonyl (C=O) groups is 1. The van der Waals surface area contributed by atoms with Gasteiger partial charge in [-0.25, -0.2) is 15.0 Å². The highest BCUT2D eigenvalue weighted by Gasteiger charge is 2.59. The van der Waals surface area contributed by atoms with Gasteiger partial charge in [0.1, 0.15) is 12.4 Å². The summed E-state index contributed by atoms with van der Waals surface area (Å²) in [4.78, 5) is 25.3. The third kappa shape index (κ3) is 2.44. The second-order valence-corrected chi connectivity index (χ2v) is 7.38. The molecule has 1 saturated heterocycles. The SMILES string of the molecule is O=C(Nc1ncnc2c1ncn2[C@@H]1C[C@@]2(CO)COC1[C@H]2O)c1ccccc1. The first-order chi connectivity index (χ1) is 13.6. The van der Waals surface area contributed by atoms with Crippen LogP contribution in [-0.2, 0) is 4.74 Å². The average molecular weight is 381 g/mol. The molecule has 1 aliphatic carbocycles. The zero-order valence-electron chi connectivity index (χ0n) is 14.9. The van der Waals surface area contributed by atoms with E-state index in [1.807, 2.05) is 10.6 Å². The predicted molar refractivity (Wildman–Crippen MR) is 98.6 cm³/mol. The number of benzene rings is 1. The van der Waals surface area contributed by atoms with Crippen LogP contribution in [0, 0.1) is 5.41 Å². The van der Waals surface area contributed by atoms with E-state index in [2.05, 4.69) is 20.3 Å². The van der Waals surface area contributed by atoms with Crippen LogP contribution in [0.15, 0.2) is 43.0 Å². The zero-order valence-corrected chi connectivity index (χ0v) is 14.9. The Kier molecular flexibility index (Phi) is 3.90. The van der Waals surface area contributed by atoms with Crippen molar-refractivity contribution in [2.45, 2.75) is 24.7 Å². The molecule has 4 atom stereocenters. The Morgan fingerprint density at radius 3 is 2.86 bits per heavy atom. The van der Waals surface area contributed by atoms with Gasteiger partial charge in [0.25, 0.3) is 5.91 Å². The van der Waals surface area contributed by atoms with E-state index >= 15 is 0 Å². The van der Waals surface area contributed by atoms with Crippen molar-refractivity contribution < 1.29 is 19.7 Å². The quantitative estimate of drug-likeness (QED) is 0.610. The maximum absolute atomic E-state index is 12.5. The van der Waals surface area contributed by atoms with E-state index in [0.717, 1.165) is 0 Å². The number of carbonyl (C=O) groups excluding carboxylic acids is 1. The molecule has 1 unspecified atom stereocenters. The van der Waals surface area contributed by atoms with E-state index in [0.29, 0.717) is 35.6 Å². The zero-order chi connectivity index (χ0) is 19.3. The van der Waals surface area contributed by atoms with E-state index in [-0.39, 0.29) is 18.6 Å². The topological polar surface area (TPSA) is 122 Å². The summed E-state index contributed by atoms with van der Waals surface area (Å²) in [5, 5.41) is 23.0. The molecule has 3 heterocycles. The van der Waals surface area contributed by atoms with Crippen molar-refractivity contribution in [2.24, 2.45) is 5.41 Å². The number of amides is 1. The number of rotatable bonds is 4. The largest absolute Gasteiger partial charge is 0.396 e. The third-order valence-electron chi connectivity index (χ3n) is 5.80. The number of ether oxygens (including phenoxy) is 1. The summed E-state index contributed by atoms with van der Waals surface area (Å²) in [6.45, 7) is 0.201. The van der Waals surface area contributed by atoms with Crippen molar-refractivity contribution in [3.8, 4) is 0 Å². The van der Waals surface area contributed by atoms with Gasteiger partial charge in [0.15, 0.2) is 17.0 Å². The molecule has 144 valence electrons. The maximum Gasteiger partial charge on any atom is 0.256 e. The van der Waals surface area contributed by atoms with Gasteiger partial charge in [-0.2, -0.15) is 0 Å². The van der Waals surface area contributed by atoms with Gasteiger partial charge in [0.2, 0.25) is 0 Å². The summed E-state index contributed by atoms with van der Waals surface area (Å²) in [6, 6.07) is 8.65. The Hall–Kier alpha value is -2.88. The number of fused-ring (bicyclic) bond motifs is 3. The number of anilines is 1. The molecule has 1 amide bonds. The van der Waals surface area contributed by atoms with Gasteiger partial charge >= 0.3 is 0 Å². The predicted octanol–water partition coefficient (Wildman–Crippen LogP) is 0.762. The van der Waals surface area contributed by atoms with Gasteiger partial charge in [-0.1, -0.05) is 18.2 Å². The van der Waals surface area contributed by atoms with E-state index < -0.39 is 17.6 Å². The molecule has 2 bridgehead atoms. The highest BCUT2D eigenvalue weighted by Crippen LogP contribution is 2.51. The van der Waals surface area contributed by atoms with Crippen molar-refractivity contribution in [3.63, 3.8) is 0 Å². The number of aromatic nitrogens is 4. The number of hydrogen-bond donors (Lipinski definition) is 3. The first kappa shape index (κ1) is 17.2. The number of aliphatic hydroxyl groups excluding tert-OH is 2. The van der Waals surface area contributed by atoms with Crippen molar-refractivity contribution in [1.29, 1.82) is 0 Å². The summed E-state index contributed by atoms with van der Waals surface area (Å²) in [5.41, 5.74) is 0.869. The molecule has 0 radical (unpaired) electrons. The van der Waals surface area contributed by atoms with Crippen LogP contribution in [-0.4, -0.2) is 61.1 Å². The summed E-state index contributed by atoms with van der Waals surface area (Å²) in [5.74, 6) is 0.0344. The van der Waals surface area contributed by atoms with E-state index in [9.17, 15) is 15.0 Å². The summed E-state index contributed by atoms with van der Waals surface area (Å²) in [7, 11) is 0. The van der Waals surface area contributed by atoms with Gasteiger partial charge in [0, 0.05) is 11.0 Å². The van der Waals surface area contributed by atoms with Gasteiger partial charge in [-0.3, -0.25) is 4.79 Å². The van der Waals surface area contributed by atoms with Crippen molar-refractivity contribution in [3.05, 3.63) is 48.5 Å². The lowest BCUT2D eigenvalue weighted by atomic mass is 9.87. The summed E-state index contributed by atoms with van der Waals surface area (Å²) in [6.07, 6.45) is 2.38. The summed E-state index contributed by atoms with van der Waals surface area (Å²) < 4.78 is 7.56. The molecule has 28 heavy (non-hydrogen) atoms. The van der Waals surface area contributed by atoms with Gasteiger partial charge in [-0.15, -0.1) is 0 Å². The lowest BCUT2D eigenvalue weighted by Crippen LogP contribution is -2.34. The molecule has 2 aliphatic rings. The Labute approximate surface area is 160 Å². The number of nitrogens with zero attached hydrogens (tertiary/aromatic N) is 4. The molecular weight excluding hydrogens is 362 g/mol. The van der Waals surface area contributed by atoms with Crippen LogP contribution >= 0.6 is 0 Å². The fraction of sp³-hybridized carbons (Fsp3) is 0.368. The molecule has 1 aromatic carbocycles. The maximum atomic E-state index is 12.5.